The number of imidazole rings is 1. The molecule has 0 unspecified atom stereocenters. The quantitative estimate of drug-likeness (QED) is 0.220. The first-order chi connectivity index (χ1) is 19.9. The summed E-state index contributed by atoms with van der Waals surface area (Å²) in [5.41, 5.74) is 11.8. The molecule has 0 aliphatic rings. The number of furan rings is 1. The molecule has 7 rings (SSSR count). The Bertz CT molecular complexity index is 2030. The largest absolute Gasteiger partial charge is 0.455 e. The van der Waals surface area contributed by atoms with Crippen molar-refractivity contribution in [1.82, 2.24) is 14.5 Å². The first kappa shape index (κ1) is 25.3. The fourth-order valence-corrected chi connectivity index (χ4v) is 6.01. The molecule has 0 saturated heterocycles. The standard InChI is InChI=1S/C37H33N3O/c1-22(2)30-19-26(25-12-7-6-8-13-25)20-31(23(3)4)34(30)40-32-18-24(5)21-38-36(32)39-37(40)29-16-11-15-28-27-14-9-10-17-33(27)41-35(28)29/h6-23H,1-5H3. The highest BCUT2D eigenvalue weighted by molar-refractivity contribution is 6.09. The van der Waals surface area contributed by atoms with Crippen LogP contribution < -0.4 is 0 Å². The van der Waals surface area contributed by atoms with Gasteiger partial charge >= 0.3 is 0 Å². The van der Waals surface area contributed by atoms with Crippen LogP contribution in [0, 0.1) is 6.92 Å². The summed E-state index contributed by atoms with van der Waals surface area (Å²) < 4.78 is 8.85. The molecule has 0 bridgehead atoms. The van der Waals surface area contributed by atoms with Crippen LogP contribution in [0.5, 0.6) is 0 Å². The number of rotatable bonds is 5. The van der Waals surface area contributed by atoms with E-state index in [2.05, 4.69) is 118 Å². The molecule has 4 nitrogen and oxygen atoms in total. The van der Waals surface area contributed by atoms with Crippen molar-refractivity contribution in [1.29, 1.82) is 0 Å². The zero-order valence-electron chi connectivity index (χ0n) is 24.1. The van der Waals surface area contributed by atoms with Gasteiger partial charge in [-0.25, -0.2) is 9.97 Å². The number of pyridine rings is 1. The van der Waals surface area contributed by atoms with Crippen molar-refractivity contribution in [3.8, 4) is 28.2 Å². The predicted molar refractivity (Wildman–Crippen MR) is 170 cm³/mol. The van der Waals surface area contributed by atoms with Gasteiger partial charge in [0.1, 0.15) is 11.2 Å². The molecule has 0 spiro atoms. The van der Waals surface area contributed by atoms with E-state index in [1.807, 2.05) is 18.3 Å². The van der Waals surface area contributed by atoms with E-state index in [0.717, 1.165) is 50.1 Å². The Kier molecular flexibility index (Phi) is 6.01. The van der Waals surface area contributed by atoms with Crippen LogP contribution in [0.3, 0.4) is 0 Å². The van der Waals surface area contributed by atoms with Crippen molar-refractivity contribution in [3.63, 3.8) is 0 Å². The molecular weight excluding hydrogens is 502 g/mol. The molecule has 3 aromatic heterocycles. The summed E-state index contributed by atoms with van der Waals surface area (Å²) in [6, 6.07) is 32.2. The minimum Gasteiger partial charge on any atom is -0.455 e. The SMILES string of the molecule is Cc1cnc2nc(-c3cccc4c3oc3ccccc34)n(-c3c(C(C)C)cc(-c4ccccc4)cc3C(C)C)c2c1. The van der Waals surface area contributed by atoms with E-state index in [-0.39, 0.29) is 11.8 Å². The Morgan fingerprint density at radius 1 is 0.707 bits per heavy atom. The molecule has 0 amide bonds. The zero-order valence-corrected chi connectivity index (χ0v) is 24.1. The van der Waals surface area contributed by atoms with Crippen molar-refractivity contribution >= 4 is 33.1 Å². The molecular formula is C37H33N3O. The lowest BCUT2D eigenvalue weighted by Crippen LogP contribution is -2.09. The second kappa shape index (κ2) is 9.74. The number of para-hydroxylation sites is 2. The van der Waals surface area contributed by atoms with Crippen LogP contribution in [0.4, 0.5) is 0 Å². The molecule has 0 aliphatic heterocycles. The molecule has 0 atom stereocenters. The zero-order chi connectivity index (χ0) is 28.2. The van der Waals surface area contributed by atoms with Gasteiger partial charge < -0.3 is 4.42 Å². The molecule has 0 N–H and O–H groups in total. The van der Waals surface area contributed by atoms with Crippen LogP contribution in [0.2, 0.25) is 0 Å². The molecule has 4 heteroatoms. The van der Waals surface area contributed by atoms with E-state index in [1.165, 1.54) is 27.9 Å². The lowest BCUT2D eigenvalue weighted by molar-refractivity contribution is 0.669. The summed E-state index contributed by atoms with van der Waals surface area (Å²) >= 11 is 0. The van der Waals surface area contributed by atoms with Gasteiger partial charge in [0, 0.05) is 17.0 Å². The van der Waals surface area contributed by atoms with Crippen LogP contribution in [0.15, 0.2) is 102 Å². The van der Waals surface area contributed by atoms with Crippen LogP contribution in [0.1, 0.15) is 56.2 Å². The summed E-state index contributed by atoms with van der Waals surface area (Å²) in [7, 11) is 0. The van der Waals surface area contributed by atoms with Gasteiger partial charge in [0.05, 0.1) is 16.8 Å². The third kappa shape index (κ3) is 4.13. The molecule has 202 valence electrons. The highest BCUT2D eigenvalue weighted by Gasteiger charge is 2.25. The van der Waals surface area contributed by atoms with Gasteiger partial charge in [-0.05, 0) is 76.9 Å². The lowest BCUT2D eigenvalue weighted by Gasteiger charge is -2.24. The van der Waals surface area contributed by atoms with Gasteiger partial charge in [0.25, 0.3) is 0 Å². The van der Waals surface area contributed by atoms with E-state index in [9.17, 15) is 0 Å². The molecule has 0 aliphatic carbocycles. The Labute approximate surface area is 240 Å². The number of hydrogen-bond donors (Lipinski definition) is 0. The molecule has 0 radical (unpaired) electrons. The number of aromatic nitrogens is 3. The van der Waals surface area contributed by atoms with Gasteiger partial charge in [-0.15, -0.1) is 0 Å². The van der Waals surface area contributed by atoms with Gasteiger partial charge in [-0.2, -0.15) is 0 Å². The minimum atomic E-state index is 0.288. The molecule has 0 fully saturated rings. The van der Waals surface area contributed by atoms with Gasteiger partial charge in [-0.1, -0.05) is 88.4 Å². The first-order valence-electron chi connectivity index (χ1n) is 14.4. The van der Waals surface area contributed by atoms with Crippen molar-refractivity contribution in [2.24, 2.45) is 0 Å². The maximum atomic E-state index is 6.51. The Balaban J connectivity index is 1.61. The normalized spacial score (nSPS) is 12.0. The molecule has 7 aromatic rings. The van der Waals surface area contributed by atoms with E-state index in [1.54, 1.807) is 0 Å². The molecule has 3 heterocycles. The van der Waals surface area contributed by atoms with Crippen molar-refractivity contribution < 1.29 is 4.42 Å². The fourth-order valence-electron chi connectivity index (χ4n) is 6.01. The van der Waals surface area contributed by atoms with Crippen molar-refractivity contribution in [2.75, 3.05) is 0 Å². The van der Waals surface area contributed by atoms with Crippen molar-refractivity contribution in [2.45, 2.75) is 46.5 Å². The van der Waals surface area contributed by atoms with E-state index in [0.29, 0.717) is 0 Å². The molecule has 4 aromatic carbocycles. The topological polar surface area (TPSA) is 43.9 Å². The second-order valence-corrected chi connectivity index (χ2v) is 11.6. The summed E-state index contributed by atoms with van der Waals surface area (Å²) in [5.74, 6) is 1.42. The maximum absolute atomic E-state index is 6.51. The number of aryl methyl sites for hydroxylation is 1. The van der Waals surface area contributed by atoms with Gasteiger partial charge in [0.2, 0.25) is 0 Å². The average molecular weight is 536 g/mol. The van der Waals surface area contributed by atoms with Crippen molar-refractivity contribution in [3.05, 3.63) is 114 Å². The van der Waals surface area contributed by atoms with Gasteiger partial charge in [-0.3, -0.25) is 4.57 Å². The lowest BCUT2D eigenvalue weighted by atomic mass is 9.88. The smallest absolute Gasteiger partial charge is 0.178 e. The highest BCUT2D eigenvalue weighted by atomic mass is 16.3. The minimum absolute atomic E-state index is 0.288. The average Bonchev–Trinajstić information content (AvgIpc) is 3.55. The number of benzene rings is 4. The molecule has 0 saturated carbocycles. The van der Waals surface area contributed by atoms with Gasteiger partial charge in [0.15, 0.2) is 11.5 Å². The van der Waals surface area contributed by atoms with E-state index in [4.69, 9.17) is 14.4 Å². The third-order valence-electron chi connectivity index (χ3n) is 8.04. The third-order valence-corrected chi connectivity index (χ3v) is 8.04. The first-order valence-corrected chi connectivity index (χ1v) is 14.4. The maximum Gasteiger partial charge on any atom is 0.178 e. The highest BCUT2D eigenvalue weighted by Crippen LogP contribution is 2.42. The molecule has 41 heavy (non-hydrogen) atoms. The summed E-state index contributed by atoms with van der Waals surface area (Å²) in [6.45, 7) is 11.2. The Morgan fingerprint density at radius 3 is 2.12 bits per heavy atom. The number of hydrogen-bond acceptors (Lipinski definition) is 3. The summed E-state index contributed by atoms with van der Waals surface area (Å²) in [6.07, 6.45) is 1.90. The second-order valence-electron chi connectivity index (χ2n) is 11.6. The fraction of sp³-hybridized carbons (Fsp3) is 0.189. The van der Waals surface area contributed by atoms with E-state index < -0.39 is 0 Å². The van der Waals surface area contributed by atoms with Crippen LogP contribution in [-0.4, -0.2) is 14.5 Å². The monoisotopic (exact) mass is 535 g/mol. The van der Waals surface area contributed by atoms with Crippen LogP contribution >= 0.6 is 0 Å². The summed E-state index contributed by atoms with van der Waals surface area (Å²) in [5, 5.41) is 2.20. The van der Waals surface area contributed by atoms with Crippen LogP contribution in [0.25, 0.3) is 61.3 Å². The number of fused-ring (bicyclic) bond motifs is 4. The predicted octanol–water partition coefficient (Wildman–Crippen LogP) is 10.2. The summed E-state index contributed by atoms with van der Waals surface area (Å²) in [4.78, 5) is 9.98. The number of nitrogens with zero attached hydrogens (tertiary/aromatic N) is 3. The Morgan fingerprint density at radius 2 is 1.39 bits per heavy atom. The Hall–Kier alpha value is -4.70. The van der Waals surface area contributed by atoms with E-state index >= 15 is 0 Å². The van der Waals surface area contributed by atoms with Crippen LogP contribution in [-0.2, 0) is 0 Å².